The molecule has 0 aliphatic heterocycles. The van der Waals surface area contributed by atoms with Crippen molar-refractivity contribution in [2.24, 2.45) is 0 Å². The van der Waals surface area contributed by atoms with Gasteiger partial charge in [-0.25, -0.2) is 0 Å². The van der Waals surface area contributed by atoms with E-state index in [0.717, 1.165) is 78.4 Å². The number of hydrogen-bond donors (Lipinski definition) is 0. The molecule has 0 unspecified atom stereocenters. The van der Waals surface area contributed by atoms with E-state index < -0.39 is 5.41 Å². The van der Waals surface area contributed by atoms with Crippen molar-refractivity contribution in [3.63, 3.8) is 0 Å². The molecule has 0 radical (unpaired) electrons. The molecule has 0 saturated heterocycles. The van der Waals surface area contributed by atoms with Crippen molar-refractivity contribution in [3.8, 4) is 78.1 Å². The van der Waals surface area contributed by atoms with Gasteiger partial charge in [0.05, 0.1) is 38.9 Å². The molecule has 3 heteroatoms. The molecule has 2 aliphatic carbocycles. The van der Waals surface area contributed by atoms with Crippen LogP contribution in [-0.4, -0.2) is 9.13 Å². The van der Waals surface area contributed by atoms with Crippen LogP contribution in [0.15, 0.2) is 334 Å². The van der Waals surface area contributed by atoms with Gasteiger partial charge in [-0.1, -0.05) is 255 Å². The van der Waals surface area contributed by atoms with Gasteiger partial charge in [0, 0.05) is 44.2 Å². The zero-order valence-corrected chi connectivity index (χ0v) is 48.1. The first-order valence-corrected chi connectivity index (χ1v) is 30.5. The average Bonchev–Trinajstić information content (AvgIpc) is 2.00. The standard InChI is InChI=1S/C85H55N3/c1-4-25-56(26-5-1)60-51-61(57-27-6-2-7-28-57)54-64(53-60)86(81-45-22-23-46-82(81)88-78-43-20-15-37-69(78)70-38-16-21-44-79(70)88)63-32-24-29-58(52-63)65-33-10-11-34-66(65)59-47-50-80-73(55-59)71-48-49-77-83(84(71)87(80)62-30-8-3-9-31-62)72-39-14-19-42-76(72)85(77)74-40-17-12-35-67(74)68-36-13-18-41-75(68)85/h1-55H. The van der Waals surface area contributed by atoms with E-state index in [1.807, 2.05) is 0 Å². The molecule has 0 bridgehead atoms. The highest BCUT2D eigenvalue weighted by Gasteiger charge is 2.52. The lowest BCUT2D eigenvalue weighted by Crippen LogP contribution is -2.25. The number of para-hydroxylation sites is 5. The molecule has 0 N–H and O–H groups in total. The molecule has 2 aromatic heterocycles. The van der Waals surface area contributed by atoms with Crippen molar-refractivity contribution in [1.29, 1.82) is 0 Å². The second-order valence-electron chi connectivity index (χ2n) is 23.5. The van der Waals surface area contributed by atoms with Crippen LogP contribution in [0.25, 0.3) is 122 Å². The Balaban J connectivity index is 0.842. The zero-order valence-electron chi connectivity index (χ0n) is 48.1. The molecule has 14 aromatic carbocycles. The summed E-state index contributed by atoms with van der Waals surface area (Å²) in [7, 11) is 0. The molecule has 0 atom stereocenters. The predicted octanol–water partition coefficient (Wildman–Crippen LogP) is 22.4. The lowest BCUT2D eigenvalue weighted by atomic mass is 9.70. The van der Waals surface area contributed by atoms with Crippen LogP contribution in [0.3, 0.4) is 0 Å². The van der Waals surface area contributed by atoms with Crippen LogP contribution >= 0.6 is 0 Å². The van der Waals surface area contributed by atoms with E-state index in [2.05, 4.69) is 348 Å². The highest BCUT2D eigenvalue weighted by Crippen LogP contribution is 2.64. The van der Waals surface area contributed by atoms with E-state index in [4.69, 9.17) is 0 Å². The Hall–Kier alpha value is -11.5. The quantitative estimate of drug-likeness (QED) is 0.140. The minimum atomic E-state index is -0.457. The van der Waals surface area contributed by atoms with Crippen molar-refractivity contribution in [1.82, 2.24) is 9.13 Å². The van der Waals surface area contributed by atoms with Gasteiger partial charge < -0.3 is 14.0 Å². The number of rotatable bonds is 9. The number of aromatic nitrogens is 2. The van der Waals surface area contributed by atoms with Crippen LogP contribution in [0, 0.1) is 0 Å². The Kier molecular flexibility index (Phi) is 11.2. The van der Waals surface area contributed by atoms with E-state index in [0.29, 0.717) is 0 Å². The van der Waals surface area contributed by atoms with Gasteiger partial charge in [0.15, 0.2) is 0 Å². The van der Waals surface area contributed by atoms with Crippen LogP contribution < -0.4 is 4.90 Å². The number of benzene rings is 14. The molecule has 0 saturated carbocycles. The van der Waals surface area contributed by atoms with Crippen molar-refractivity contribution in [3.05, 3.63) is 356 Å². The Labute approximate surface area is 511 Å². The van der Waals surface area contributed by atoms with Gasteiger partial charge in [0.25, 0.3) is 0 Å². The van der Waals surface area contributed by atoms with Crippen LogP contribution in [0.4, 0.5) is 17.1 Å². The van der Waals surface area contributed by atoms with Gasteiger partial charge in [-0.05, 0) is 162 Å². The SMILES string of the molecule is c1ccc(-c2cc(-c3ccccc3)cc(N(c3cccc(-c4ccccc4-c4ccc5c(c4)c4ccc6c(c4n5-c4ccccc4)-c4ccccc4C64c5ccccc5-c5ccccc54)c3)c3ccccc3-n3c4ccccc4c4ccccc43)c2)cc1. The summed E-state index contributed by atoms with van der Waals surface area (Å²) in [6.07, 6.45) is 0. The van der Waals surface area contributed by atoms with Gasteiger partial charge in [0.1, 0.15) is 0 Å². The summed E-state index contributed by atoms with van der Waals surface area (Å²) in [5.74, 6) is 0. The maximum absolute atomic E-state index is 2.53. The lowest BCUT2D eigenvalue weighted by Gasteiger charge is -2.30. The van der Waals surface area contributed by atoms with E-state index in [1.54, 1.807) is 0 Å². The lowest BCUT2D eigenvalue weighted by molar-refractivity contribution is 0.794. The van der Waals surface area contributed by atoms with E-state index in [9.17, 15) is 0 Å². The van der Waals surface area contributed by atoms with Gasteiger partial charge in [-0.2, -0.15) is 0 Å². The number of nitrogens with zero attached hydrogens (tertiary/aromatic N) is 3. The van der Waals surface area contributed by atoms with E-state index in [-0.39, 0.29) is 0 Å². The van der Waals surface area contributed by atoms with E-state index >= 15 is 0 Å². The average molecular weight is 1120 g/mol. The minimum Gasteiger partial charge on any atom is -0.309 e. The van der Waals surface area contributed by atoms with Crippen LogP contribution in [-0.2, 0) is 5.41 Å². The molecule has 2 aliphatic rings. The molecule has 2 heterocycles. The summed E-state index contributed by atoms with van der Waals surface area (Å²) in [5.41, 5.74) is 29.4. The van der Waals surface area contributed by atoms with Gasteiger partial charge in [0.2, 0.25) is 0 Å². The minimum absolute atomic E-state index is 0.457. The fourth-order valence-corrected chi connectivity index (χ4v) is 15.3. The van der Waals surface area contributed by atoms with Crippen LogP contribution in [0.5, 0.6) is 0 Å². The largest absolute Gasteiger partial charge is 0.309 e. The fraction of sp³-hybridized carbons (Fsp3) is 0.0118. The van der Waals surface area contributed by atoms with Crippen molar-refractivity contribution < 1.29 is 0 Å². The first-order valence-electron chi connectivity index (χ1n) is 30.5. The maximum atomic E-state index is 2.53. The Morgan fingerprint density at radius 1 is 0.250 bits per heavy atom. The predicted molar refractivity (Wildman–Crippen MR) is 368 cm³/mol. The Bertz CT molecular complexity index is 5300. The van der Waals surface area contributed by atoms with Crippen LogP contribution in [0.2, 0.25) is 0 Å². The van der Waals surface area contributed by atoms with Gasteiger partial charge >= 0.3 is 0 Å². The third-order valence-corrected chi connectivity index (χ3v) is 18.9. The highest BCUT2D eigenvalue weighted by atomic mass is 15.2. The summed E-state index contributed by atoms with van der Waals surface area (Å²) in [6, 6.07) is 124. The molecule has 1 spiro atoms. The second-order valence-corrected chi connectivity index (χ2v) is 23.5. The fourth-order valence-electron chi connectivity index (χ4n) is 15.3. The molecule has 18 rings (SSSR count). The summed E-state index contributed by atoms with van der Waals surface area (Å²) >= 11 is 0. The van der Waals surface area contributed by atoms with Crippen molar-refractivity contribution in [2.45, 2.75) is 5.41 Å². The van der Waals surface area contributed by atoms with Crippen molar-refractivity contribution in [2.75, 3.05) is 4.90 Å². The first-order chi connectivity index (χ1) is 43.7. The first kappa shape index (κ1) is 49.9. The molecule has 0 amide bonds. The number of anilines is 3. The van der Waals surface area contributed by atoms with Gasteiger partial charge in [-0.3, -0.25) is 0 Å². The molecular formula is C85H55N3. The third kappa shape index (κ3) is 7.38. The van der Waals surface area contributed by atoms with Crippen molar-refractivity contribution >= 4 is 60.7 Å². The Morgan fingerprint density at radius 2 is 0.727 bits per heavy atom. The molecule has 16 aromatic rings. The highest BCUT2D eigenvalue weighted by molar-refractivity contribution is 6.18. The monoisotopic (exact) mass is 1120 g/mol. The molecule has 410 valence electrons. The third-order valence-electron chi connectivity index (χ3n) is 18.9. The van der Waals surface area contributed by atoms with E-state index in [1.165, 1.54) is 82.6 Å². The summed E-state index contributed by atoms with van der Waals surface area (Å²) in [5, 5.41) is 4.90. The van der Waals surface area contributed by atoms with Gasteiger partial charge in [-0.15, -0.1) is 0 Å². The normalized spacial score (nSPS) is 12.6. The zero-order chi connectivity index (χ0) is 57.9. The summed E-state index contributed by atoms with van der Waals surface area (Å²) in [6.45, 7) is 0. The molecule has 0 fully saturated rings. The number of fused-ring (bicyclic) bond motifs is 17. The summed E-state index contributed by atoms with van der Waals surface area (Å²) < 4.78 is 4.99. The maximum Gasteiger partial charge on any atom is 0.0726 e. The smallest absolute Gasteiger partial charge is 0.0726 e. The second kappa shape index (κ2) is 19.8. The molecular weight excluding hydrogens is 1060 g/mol. The number of hydrogen-bond acceptors (Lipinski definition) is 1. The van der Waals surface area contributed by atoms with Crippen LogP contribution in [0.1, 0.15) is 22.3 Å². The topological polar surface area (TPSA) is 13.1 Å². The summed E-state index contributed by atoms with van der Waals surface area (Å²) in [4.78, 5) is 2.48. The molecule has 88 heavy (non-hydrogen) atoms. The Morgan fingerprint density at radius 3 is 1.36 bits per heavy atom. The molecule has 3 nitrogen and oxygen atoms in total.